The lowest BCUT2D eigenvalue weighted by molar-refractivity contribution is 0.471. The summed E-state index contributed by atoms with van der Waals surface area (Å²) in [5.74, 6) is 0.120. The van der Waals surface area contributed by atoms with E-state index < -0.39 is 0 Å². The molecule has 0 unspecified atom stereocenters. The van der Waals surface area contributed by atoms with Gasteiger partial charge in [0.2, 0.25) is 0 Å². The van der Waals surface area contributed by atoms with Crippen LogP contribution in [-0.2, 0) is 0 Å². The third-order valence-corrected chi connectivity index (χ3v) is 4.04. The maximum atomic E-state index is 13.0. The zero-order valence-electron chi connectivity index (χ0n) is 14.0. The minimum absolute atomic E-state index is 0.121. The third-order valence-electron chi connectivity index (χ3n) is 3.82. The Morgan fingerprint density at radius 1 is 1.04 bits per heavy atom. The molecule has 2 rings (SSSR count). The highest BCUT2D eigenvalue weighted by Crippen LogP contribution is 2.25. The highest BCUT2D eigenvalue weighted by Gasteiger charge is 2.18. The average molecular weight is 330 g/mol. The Hall–Kier alpha value is -1.94. The number of aryl methyl sites for hydroxylation is 2. The van der Waals surface area contributed by atoms with Crippen LogP contribution in [0.25, 0.3) is 0 Å². The molecule has 2 aromatic rings. The quantitative estimate of drug-likeness (QED) is 0.760. The molecule has 0 aliphatic carbocycles. The molecular weight excluding hydrogens is 307 g/mol. The van der Waals surface area contributed by atoms with E-state index >= 15 is 0 Å². The fraction of sp³-hybridized carbons (Fsp3) is 0.316. The van der Waals surface area contributed by atoms with E-state index in [4.69, 9.17) is 12.2 Å². The maximum Gasteiger partial charge on any atom is 0.171 e. The van der Waals surface area contributed by atoms with E-state index in [0.29, 0.717) is 11.0 Å². The Morgan fingerprint density at radius 2 is 1.70 bits per heavy atom. The average Bonchev–Trinajstić information content (AvgIpc) is 2.48. The minimum Gasteiger partial charge on any atom is -0.355 e. The smallest absolute Gasteiger partial charge is 0.171 e. The molecule has 0 amide bonds. The molecule has 0 aliphatic heterocycles. The van der Waals surface area contributed by atoms with Gasteiger partial charge in [-0.15, -0.1) is 0 Å². The van der Waals surface area contributed by atoms with E-state index in [2.05, 4.69) is 56.5 Å². The van der Waals surface area contributed by atoms with Crippen LogP contribution in [-0.4, -0.2) is 5.11 Å². The van der Waals surface area contributed by atoms with Crippen LogP contribution in [0.1, 0.15) is 36.6 Å². The molecule has 1 atom stereocenters. The van der Waals surface area contributed by atoms with E-state index in [9.17, 15) is 4.39 Å². The maximum absolute atomic E-state index is 13.0. The van der Waals surface area contributed by atoms with Gasteiger partial charge in [0.25, 0.3) is 0 Å². The predicted octanol–water partition coefficient (Wildman–Crippen LogP) is 5.13. The molecule has 2 nitrogen and oxygen atoms in total. The second-order valence-electron chi connectivity index (χ2n) is 6.19. The van der Waals surface area contributed by atoms with Crippen LogP contribution in [0, 0.1) is 25.6 Å². The zero-order chi connectivity index (χ0) is 17.0. The molecule has 0 heterocycles. The summed E-state index contributed by atoms with van der Waals surface area (Å²) in [5, 5.41) is 7.03. The van der Waals surface area contributed by atoms with Crippen molar-refractivity contribution in [2.24, 2.45) is 5.92 Å². The second-order valence-corrected chi connectivity index (χ2v) is 6.60. The third kappa shape index (κ3) is 4.76. The minimum atomic E-state index is -0.259. The molecule has 122 valence electrons. The van der Waals surface area contributed by atoms with Crippen molar-refractivity contribution < 1.29 is 4.39 Å². The van der Waals surface area contributed by atoms with Crippen molar-refractivity contribution in [2.75, 3.05) is 5.32 Å². The zero-order valence-corrected chi connectivity index (χ0v) is 14.8. The van der Waals surface area contributed by atoms with Crippen LogP contribution in [0.3, 0.4) is 0 Å². The first-order chi connectivity index (χ1) is 10.9. The highest BCUT2D eigenvalue weighted by atomic mass is 32.1. The number of halogens is 1. The van der Waals surface area contributed by atoms with Gasteiger partial charge < -0.3 is 10.6 Å². The predicted molar refractivity (Wildman–Crippen MR) is 99.3 cm³/mol. The summed E-state index contributed by atoms with van der Waals surface area (Å²) in [4.78, 5) is 0. The van der Waals surface area contributed by atoms with E-state index in [1.54, 1.807) is 12.1 Å². The second kappa shape index (κ2) is 7.55. The molecule has 0 radical (unpaired) electrons. The van der Waals surface area contributed by atoms with Crippen LogP contribution in [0.4, 0.5) is 10.1 Å². The summed E-state index contributed by atoms with van der Waals surface area (Å²) < 4.78 is 13.0. The van der Waals surface area contributed by atoms with E-state index in [0.717, 1.165) is 5.69 Å². The molecule has 0 spiro atoms. The van der Waals surface area contributed by atoms with Gasteiger partial charge in [-0.1, -0.05) is 37.6 Å². The standard InChI is InChI=1S/C19H23FN2S/c1-12(2)18(17-10-5-13(3)11-14(17)4)22-19(23)21-16-8-6-15(20)7-9-16/h5-12,18H,1-4H3,(H2,21,22,23)/t18-/m1/s1. The van der Waals surface area contributed by atoms with E-state index in [-0.39, 0.29) is 11.9 Å². The molecule has 2 aromatic carbocycles. The molecule has 0 aliphatic rings. The number of nitrogens with one attached hydrogen (secondary N) is 2. The summed E-state index contributed by atoms with van der Waals surface area (Å²) >= 11 is 5.42. The van der Waals surface area contributed by atoms with Crippen LogP contribution < -0.4 is 10.6 Å². The molecule has 2 N–H and O–H groups in total. The van der Waals surface area contributed by atoms with Crippen molar-refractivity contribution in [3.63, 3.8) is 0 Å². The molecular formula is C19H23FN2S. The van der Waals surface area contributed by atoms with Gasteiger partial charge in [0.05, 0.1) is 6.04 Å². The van der Waals surface area contributed by atoms with Crippen molar-refractivity contribution in [1.29, 1.82) is 0 Å². The van der Waals surface area contributed by atoms with Crippen LogP contribution >= 0.6 is 12.2 Å². The SMILES string of the molecule is Cc1ccc([C@H](NC(=S)Nc2ccc(F)cc2)C(C)C)c(C)c1. The summed E-state index contributed by atoms with van der Waals surface area (Å²) in [6.45, 7) is 8.54. The summed E-state index contributed by atoms with van der Waals surface area (Å²) in [6.07, 6.45) is 0. The van der Waals surface area contributed by atoms with Gasteiger partial charge in [-0.25, -0.2) is 4.39 Å². The van der Waals surface area contributed by atoms with Crippen LogP contribution in [0.15, 0.2) is 42.5 Å². The molecule has 0 bridgehead atoms. The first kappa shape index (κ1) is 17.4. The molecule has 0 fully saturated rings. The first-order valence-electron chi connectivity index (χ1n) is 7.77. The monoisotopic (exact) mass is 330 g/mol. The lowest BCUT2D eigenvalue weighted by Crippen LogP contribution is -2.35. The lowest BCUT2D eigenvalue weighted by Gasteiger charge is -2.26. The number of hydrogen-bond acceptors (Lipinski definition) is 1. The normalized spacial score (nSPS) is 12.1. The number of hydrogen-bond donors (Lipinski definition) is 2. The van der Waals surface area contributed by atoms with Crippen molar-refractivity contribution in [2.45, 2.75) is 33.7 Å². The Kier molecular flexibility index (Phi) is 5.72. The van der Waals surface area contributed by atoms with Gasteiger partial charge in [0.15, 0.2) is 5.11 Å². The van der Waals surface area contributed by atoms with E-state index in [1.807, 2.05) is 0 Å². The fourth-order valence-corrected chi connectivity index (χ4v) is 2.86. The first-order valence-corrected chi connectivity index (χ1v) is 8.18. The number of benzene rings is 2. The Balaban J connectivity index is 2.12. The molecule has 4 heteroatoms. The van der Waals surface area contributed by atoms with Crippen molar-refractivity contribution >= 4 is 23.0 Å². The lowest BCUT2D eigenvalue weighted by atomic mass is 9.92. The Labute approximate surface area is 143 Å². The van der Waals surface area contributed by atoms with Gasteiger partial charge in [-0.05, 0) is 67.4 Å². The fourth-order valence-electron chi connectivity index (χ4n) is 2.62. The molecule has 0 saturated heterocycles. The Morgan fingerprint density at radius 3 is 2.26 bits per heavy atom. The van der Waals surface area contributed by atoms with Gasteiger partial charge in [0, 0.05) is 5.69 Å². The largest absolute Gasteiger partial charge is 0.355 e. The topological polar surface area (TPSA) is 24.1 Å². The van der Waals surface area contributed by atoms with Crippen LogP contribution in [0.5, 0.6) is 0 Å². The highest BCUT2D eigenvalue weighted by molar-refractivity contribution is 7.80. The molecule has 0 saturated carbocycles. The summed E-state index contributed by atoms with van der Waals surface area (Å²) in [7, 11) is 0. The van der Waals surface area contributed by atoms with Gasteiger partial charge in [-0.2, -0.15) is 0 Å². The van der Waals surface area contributed by atoms with Gasteiger partial charge in [-0.3, -0.25) is 0 Å². The van der Waals surface area contributed by atoms with Crippen molar-refractivity contribution in [3.8, 4) is 0 Å². The number of anilines is 1. The van der Waals surface area contributed by atoms with Crippen molar-refractivity contribution in [1.82, 2.24) is 5.32 Å². The summed E-state index contributed by atoms with van der Waals surface area (Å²) in [5.41, 5.74) is 4.52. The number of rotatable bonds is 4. The molecule has 23 heavy (non-hydrogen) atoms. The molecule has 0 aromatic heterocycles. The van der Waals surface area contributed by atoms with Crippen molar-refractivity contribution in [3.05, 3.63) is 65.0 Å². The van der Waals surface area contributed by atoms with E-state index in [1.165, 1.54) is 28.8 Å². The Bertz CT molecular complexity index is 680. The van der Waals surface area contributed by atoms with Gasteiger partial charge in [0.1, 0.15) is 5.82 Å². The van der Waals surface area contributed by atoms with Gasteiger partial charge >= 0.3 is 0 Å². The van der Waals surface area contributed by atoms with Crippen LogP contribution in [0.2, 0.25) is 0 Å². The number of thiocarbonyl (C=S) groups is 1. The summed E-state index contributed by atoms with van der Waals surface area (Å²) in [6, 6.07) is 12.7.